The zero-order valence-electron chi connectivity index (χ0n) is 13.4. The molecule has 0 aliphatic heterocycles. The number of hydrogen-bond acceptors (Lipinski definition) is 4. The van der Waals surface area contributed by atoms with Crippen LogP contribution in [0, 0.1) is 0 Å². The first-order chi connectivity index (χ1) is 10.1. The standard InChI is InChI=1S/C16H26N2O3/c1-5-9-17-11-13-7-8-14(15(10-13)20-4)21-12-16(19)18(3)6-2/h7-8,10,17H,5-6,9,11-12H2,1-4H3. The molecule has 0 aromatic heterocycles. The lowest BCUT2D eigenvalue weighted by Crippen LogP contribution is -2.31. The monoisotopic (exact) mass is 294 g/mol. The lowest BCUT2D eigenvalue weighted by molar-refractivity contribution is -0.131. The molecule has 0 saturated carbocycles. The minimum atomic E-state index is -0.0479. The highest BCUT2D eigenvalue weighted by Crippen LogP contribution is 2.28. The minimum absolute atomic E-state index is 0.0220. The van der Waals surface area contributed by atoms with Crippen molar-refractivity contribution in [1.29, 1.82) is 0 Å². The zero-order valence-corrected chi connectivity index (χ0v) is 13.4. The minimum Gasteiger partial charge on any atom is -0.493 e. The van der Waals surface area contributed by atoms with E-state index < -0.39 is 0 Å². The quantitative estimate of drug-likeness (QED) is 0.708. The molecule has 0 heterocycles. The van der Waals surface area contributed by atoms with Gasteiger partial charge in [0, 0.05) is 20.1 Å². The van der Waals surface area contributed by atoms with E-state index in [1.54, 1.807) is 19.1 Å². The number of rotatable bonds is 9. The van der Waals surface area contributed by atoms with Crippen LogP contribution in [0.3, 0.4) is 0 Å². The number of hydrogen-bond donors (Lipinski definition) is 1. The number of benzene rings is 1. The summed E-state index contributed by atoms with van der Waals surface area (Å²) in [7, 11) is 3.36. The van der Waals surface area contributed by atoms with Crippen molar-refractivity contribution in [3.8, 4) is 11.5 Å². The summed E-state index contributed by atoms with van der Waals surface area (Å²) in [6.45, 7) is 6.53. The first-order valence-electron chi connectivity index (χ1n) is 7.36. The summed E-state index contributed by atoms with van der Waals surface area (Å²) < 4.78 is 10.9. The van der Waals surface area contributed by atoms with Gasteiger partial charge in [-0.2, -0.15) is 0 Å². The Morgan fingerprint density at radius 1 is 1.29 bits per heavy atom. The molecule has 0 aliphatic rings. The summed E-state index contributed by atoms with van der Waals surface area (Å²) in [5, 5.41) is 3.34. The number of amides is 1. The number of likely N-dealkylation sites (N-methyl/N-ethyl adjacent to an activating group) is 1. The third-order valence-corrected chi connectivity index (χ3v) is 3.24. The molecule has 0 atom stereocenters. The Morgan fingerprint density at radius 3 is 2.67 bits per heavy atom. The molecule has 5 heteroatoms. The third-order valence-electron chi connectivity index (χ3n) is 3.24. The van der Waals surface area contributed by atoms with Crippen LogP contribution in [0.25, 0.3) is 0 Å². The third kappa shape index (κ3) is 5.63. The van der Waals surface area contributed by atoms with E-state index in [2.05, 4.69) is 12.2 Å². The van der Waals surface area contributed by atoms with Crippen molar-refractivity contribution in [2.75, 3.05) is 33.9 Å². The smallest absolute Gasteiger partial charge is 0.260 e. The van der Waals surface area contributed by atoms with Crippen LogP contribution < -0.4 is 14.8 Å². The van der Waals surface area contributed by atoms with Gasteiger partial charge >= 0.3 is 0 Å². The Kier molecular flexibility index (Phi) is 7.61. The first-order valence-corrected chi connectivity index (χ1v) is 7.36. The maximum absolute atomic E-state index is 11.7. The fourth-order valence-corrected chi connectivity index (χ4v) is 1.78. The van der Waals surface area contributed by atoms with Gasteiger partial charge in [0.05, 0.1) is 7.11 Å². The van der Waals surface area contributed by atoms with Gasteiger partial charge in [0.2, 0.25) is 0 Å². The SMILES string of the molecule is CCCNCc1ccc(OCC(=O)N(C)CC)c(OC)c1. The molecule has 0 unspecified atom stereocenters. The van der Waals surface area contributed by atoms with Crippen LogP contribution in [0.2, 0.25) is 0 Å². The molecule has 1 N–H and O–H groups in total. The Morgan fingerprint density at radius 2 is 2.05 bits per heavy atom. The van der Waals surface area contributed by atoms with E-state index in [9.17, 15) is 4.79 Å². The van der Waals surface area contributed by atoms with Gasteiger partial charge < -0.3 is 19.7 Å². The molecule has 0 bridgehead atoms. The number of carbonyl (C=O) groups excluding carboxylic acids is 1. The molecule has 0 aliphatic carbocycles. The van der Waals surface area contributed by atoms with Crippen molar-refractivity contribution in [3.05, 3.63) is 23.8 Å². The summed E-state index contributed by atoms with van der Waals surface area (Å²) in [4.78, 5) is 13.4. The average Bonchev–Trinajstić information content (AvgIpc) is 2.52. The molecule has 0 radical (unpaired) electrons. The molecule has 0 spiro atoms. The molecule has 0 fully saturated rings. The molecule has 118 valence electrons. The van der Waals surface area contributed by atoms with Crippen molar-refractivity contribution >= 4 is 5.91 Å². The maximum Gasteiger partial charge on any atom is 0.260 e. The average molecular weight is 294 g/mol. The number of ether oxygens (including phenoxy) is 2. The second-order valence-corrected chi connectivity index (χ2v) is 4.86. The fraction of sp³-hybridized carbons (Fsp3) is 0.562. The fourth-order valence-electron chi connectivity index (χ4n) is 1.78. The van der Waals surface area contributed by atoms with Crippen LogP contribution in [-0.2, 0) is 11.3 Å². The summed E-state index contributed by atoms with van der Waals surface area (Å²) in [6.07, 6.45) is 1.10. The predicted molar refractivity (Wildman–Crippen MR) is 83.8 cm³/mol. The van der Waals surface area contributed by atoms with E-state index in [0.29, 0.717) is 18.0 Å². The lowest BCUT2D eigenvalue weighted by atomic mass is 10.2. The van der Waals surface area contributed by atoms with Crippen molar-refractivity contribution in [2.45, 2.75) is 26.8 Å². The molecule has 1 amide bonds. The lowest BCUT2D eigenvalue weighted by Gasteiger charge is -2.16. The number of carbonyl (C=O) groups is 1. The van der Waals surface area contributed by atoms with Crippen molar-refractivity contribution in [1.82, 2.24) is 10.2 Å². The van der Waals surface area contributed by atoms with Crippen molar-refractivity contribution in [3.63, 3.8) is 0 Å². The van der Waals surface area contributed by atoms with E-state index in [4.69, 9.17) is 9.47 Å². The molecule has 1 aromatic rings. The van der Waals surface area contributed by atoms with Gasteiger partial charge in [-0.25, -0.2) is 0 Å². The summed E-state index contributed by atoms with van der Waals surface area (Å²) in [5.74, 6) is 1.19. The van der Waals surface area contributed by atoms with Crippen LogP contribution in [0.5, 0.6) is 11.5 Å². The van der Waals surface area contributed by atoms with E-state index >= 15 is 0 Å². The molecule has 1 aromatic carbocycles. The van der Waals surface area contributed by atoms with Crippen molar-refractivity contribution in [2.24, 2.45) is 0 Å². The van der Waals surface area contributed by atoms with Gasteiger partial charge in [-0.3, -0.25) is 4.79 Å². The van der Waals surface area contributed by atoms with Crippen LogP contribution in [0.4, 0.5) is 0 Å². The highest BCUT2D eigenvalue weighted by Gasteiger charge is 2.10. The van der Waals surface area contributed by atoms with Crippen molar-refractivity contribution < 1.29 is 14.3 Å². The van der Waals surface area contributed by atoms with Crippen LogP contribution in [0.1, 0.15) is 25.8 Å². The zero-order chi connectivity index (χ0) is 15.7. The molecule has 21 heavy (non-hydrogen) atoms. The highest BCUT2D eigenvalue weighted by molar-refractivity contribution is 5.77. The van der Waals surface area contributed by atoms with E-state index in [1.165, 1.54) is 0 Å². The van der Waals surface area contributed by atoms with E-state index in [0.717, 1.165) is 25.1 Å². The Bertz CT molecular complexity index is 449. The first kappa shape index (κ1) is 17.3. The number of nitrogens with one attached hydrogen (secondary N) is 1. The Balaban J connectivity index is 2.64. The van der Waals surface area contributed by atoms with Crippen LogP contribution in [0.15, 0.2) is 18.2 Å². The molecule has 1 rings (SSSR count). The normalized spacial score (nSPS) is 10.3. The van der Waals surface area contributed by atoms with E-state index in [-0.39, 0.29) is 12.5 Å². The highest BCUT2D eigenvalue weighted by atomic mass is 16.5. The topological polar surface area (TPSA) is 50.8 Å². The van der Waals surface area contributed by atoms with Gasteiger partial charge in [0.1, 0.15) is 0 Å². The van der Waals surface area contributed by atoms with Gasteiger partial charge in [0.25, 0.3) is 5.91 Å². The Hall–Kier alpha value is -1.75. The molecule has 0 saturated heterocycles. The molecular weight excluding hydrogens is 268 g/mol. The molecular formula is C16H26N2O3. The summed E-state index contributed by atoms with van der Waals surface area (Å²) in [5.41, 5.74) is 1.13. The number of nitrogens with zero attached hydrogens (tertiary/aromatic N) is 1. The second kappa shape index (κ2) is 9.23. The largest absolute Gasteiger partial charge is 0.493 e. The van der Waals surface area contributed by atoms with E-state index in [1.807, 2.05) is 25.1 Å². The van der Waals surface area contributed by atoms with Crippen LogP contribution in [-0.4, -0.2) is 44.7 Å². The Labute approximate surface area is 127 Å². The number of methoxy groups -OCH3 is 1. The van der Waals surface area contributed by atoms with Crippen LogP contribution >= 0.6 is 0 Å². The maximum atomic E-state index is 11.7. The summed E-state index contributed by atoms with van der Waals surface area (Å²) in [6, 6.07) is 5.77. The molecule has 5 nitrogen and oxygen atoms in total. The predicted octanol–water partition coefficient (Wildman–Crippen LogP) is 2.05. The van der Waals surface area contributed by atoms with Gasteiger partial charge in [-0.1, -0.05) is 13.0 Å². The van der Waals surface area contributed by atoms with Gasteiger partial charge in [-0.15, -0.1) is 0 Å². The second-order valence-electron chi connectivity index (χ2n) is 4.86. The van der Waals surface area contributed by atoms with Gasteiger partial charge in [-0.05, 0) is 37.6 Å². The summed E-state index contributed by atoms with van der Waals surface area (Å²) >= 11 is 0. The van der Waals surface area contributed by atoms with Gasteiger partial charge in [0.15, 0.2) is 18.1 Å².